The number of hydrogen-bond donors (Lipinski definition) is 0. The van der Waals surface area contributed by atoms with Crippen LogP contribution in [0.3, 0.4) is 0 Å². The summed E-state index contributed by atoms with van der Waals surface area (Å²) in [5.41, 5.74) is 2.01. The molecule has 2 heterocycles. The number of aromatic nitrogens is 2. The lowest BCUT2D eigenvalue weighted by molar-refractivity contribution is 0.104. The van der Waals surface area contributed by atoms with Crippen molar-refractivity contribution in [3.05, 3.63) is 50.6 Å². The molecule has 5 nitrogen and oxygen atoms in total. The molecule has 0 fully saturated rings. The minimum Gasteiger partial charge on any atom is -0.496 e. The maximum absolute atomic E-state index is 12.5. The lowest BCUT2D eigenvalue weighted by Crippen LogP contribution is -2.19. The zero-order valence-corrected chi connectivity index (χ0v) is 12.7. The van der Waals surface area contributed by atoms with E-state index in [0.29, 0.717) is 16.2 Å². The highest BCUT2D eigenvalue weighted by molar-refractivity contribution is 7.12. The molecule has 0 bridgehead atoms. The number of hydrogen-bond acceptors (Lipinski definition) is 4. The van der Waals surface area contributed by atoms with Crippen molar-refractivity contribution in [1.82, 2.24) is 9.13 Å². The van der Waals surface area contributed by atoms with E-state index in [0.717, 1.165) is 11.0 Å². The predicted octanol–water partition coefficient (Wildman–Crippen LogP) is 2.18. The number of carbonyl (C=O) groups excluding carboxylic acids is 1. The van der Waals surface area contributed by atoms with Crippen molar-refractivity contribution in [2.24, 2.45) is 14.1 Å². The van der Waals surface area contributed by atoms with Crippen LogP contribution < -0.4 is 10.4 Å². The Kier molecular flexibility index (Phi) is 3.17. The summed E-state index contributed by atoms with van der Waals surface area (Å²) < 4.78 is 8.21. The number of methoxy groups -OCH3 is 1. The van der Waals surface area contributed by atoms with Crippen molar-refractivity contribution in [3.63, 3.8) is 0 Å². The van der Waals surface area contributed by atoms with Crippen LogP contribution in [0.25, 0.3) is 11.0 Å². The third-order valence-corrected chi connectivity index (χ3v) is 4.48. The maximum Gasteiger partial charge on any atom is 0.328 e. The first kappa shape index (κ1) is 13.6. The van der Waals surface area contributed by atoms with Crippen LogP contribution >= 0.6 is 11.3 Å². The first-order valence-electron chi connectivity index (χ1n) is 6.35. The average molecular weight is 302 g/mol. The minimum atomic E-state index is -0.104. The molecular formula is C15H14N2O3S. The lowest BCUT2D eigenvalue weighted by atomic mass is 10.1. The van der Waals surface area contributed by atoms with Gasteiger partial charge in [-0.3, -0.25) is 13.9 Å². The Morgan fingerprint density at radius 3 is 2.52 bits per heavy atom. The van der Waals surface area contributed by atoms with Gasteiger partial charge in [0, 0.05) is 31.1 Å². The van der Waals surface area contributed by atoms with Gasteiger partial charge in [-0.2, -0.15) is 0 Å². The first-order valence-corrected chi connectivity index (χ1v) is 7.23. The smallest absolute Gasteiger partial charge is 0.328 e. The van der Waals surface area contributed by atoms with Crippen molar-refractivity contribution in [1.29, 1.82) is 0 Å². The van der Waals surface area contributed by atoms with Gasteiger partial charge in [-0.25, -0.2) is 4.79 Å². The second kappa shape index (κ2) is 4.89. The van der Waals surface area contributed by atoms with Crippen LogP contribution in [-0.4, -0.2) is 22.0 Å². The van der Waals surface area contributed by atoms with E-state index in [1.54, 1.807) is 60.0 Å². The van der Waals surface area contributed by atoms with E-state index in [1.165, 1.54) is 11.3 Å². The molecule has 0 aliphatic carbocycles. The largest absolute Gasteiger partial charge is 0.496 e. The maximum atomic E-state index is 12.5. The number of carbonyl (C=O) groups is 1. The number of ether oxygens (including phenoxy) is 1. The molecule has 0 atom stereocenters. The Labute approximate surface area is 125 Å². The first-order chi connectivity index (χ1) is 10.0. The van der Waals surface area contributed by atoms with Crippen molar-refractivity contribution in [2.75, 3.05) is 7.11 Å². The fourth-order valence-electron chi connectivity index (χ4n) is 2.34. The van der Waals surface area contributed by atoms with Crippen LogP contribution in [0.15, 0.2) is 34.4 Å². The Morgan fingerprint density at radius 2 is 1.86 bits per heavy atom. The molecule has 21 heavy (non-hydrogen) atoms. The van der Waals surface area contributed by atoms with E-state index >= 15 is 0 Å². The number of aryl methyl sites for hydroxylation is 2. The van der Waals surface area contributed by atoms with Crippen LogP contribution in [0.2, 0.25) is 0 Å². The Bertz CT molecular complexity index is 901. The number of nitrogens with zero attached hydrogens (tertiary/aromatic N) is 2. The Balaban J connectivity index is 2.10. The van der Waals surface area contributed by atoms with Crippen LogP contribution in [0.4, 0.5) is 0 Å². The molecule has 6 heteroatoms. The summed E-state index contributed by atoms with van der Waals surface area (Å²) in [6.45, 7) is 0. The van der Waals surface area contributed by atoms with Gasteiger partial charge < -0.3 is 4.74 Å². The molecule has 0 spiro atoms. The lowest BCUT2D eigenvalue weighted by Gasteiger charge is -2.00. The van der Waals surface area contributed by atoms with E-state index in [1.807, 2.05) is 0 Å². The van der Waals surface area contributed by atoms with Crippen LogP contribution in [0, 0.1) is 0 Å². The normalized spacial score (nSPS) is 11.0. The summed E-state index contributed by atoms with van der Waals surface area (Å²) in [6, 6.07) is 7.03. The molecular weight excluding hydrogens is 288 g/mol. The fraction of sp³-hybridized carbons (Fsp3) is 0.200. The molecule has 0 aliphatic rings. The highest BCUT2D eigenvalue weighted by atomic mass is 32.1. The van der Waals surface area contributed by atoms with Gasteiger partial charge in [-0.15, -0.1) is 11.3 Å². The molecule has 2 aromatic heterocycles. The van der Waals surface area contributed by atoms with Gasteiger partial charge in [-0.1, -0.05) is 0 Å². The molecule has 3 rings (SSSR count). The highest BCUT2D eigenvalue weighted by Gasteiger charge is 2.15. The zero-order chi connectivity index (χ0) is 15.1. The van der Waals surface area contributed by atoms with Crippen molar-refractivity contribution in [3.8, 4) is 5.75 Å². The van der Waals surface area contributed by atoms with Crippen molar-refractivity contribution < 1.29 is 9.53 Å². The second-order valence-electron chi connectivity index (χ2n) is 4.78. The zero-order valence-electron chi connectivity index (χ0n) is 11.9. The van der Waals surface area contributed by atoms with E-state index < -0.39 is 0 Å². The third-order valence-electron chi connectivity index (χ3n) is 3.57. The van der Waals surface area contributed by atoms with Gasteiger partial charge in [0.2, 0.25) is 5.78 Å². The average Bonchev–Trinajstić information content (AvgIpc) is 3.07. The number of ketones is 1. The van der Waals surface area contributed by atoms with Gasteiger partial charge in [0.1, 0.15) is 5.75 Å². The van der Waals surface area contributed by atoms with Crippen LogP contribution in [0.5, 0.6) is 5.75 Å². The van der Waals surface area contributed by atoms with Gasteiger partial charge in [0.15, 0.2) is 0 Å². The Morgan fingerprint density at radius 1 is 1.14 bits per heavy atom. The van der Waals surface area contributed by atoms with Crippen molar-refractivity contribution in [2.45, 2.75) is 0 Å². The number of thiophene rings is 1. The van der Waals surface area contributed by atoms with E-state index in [-0.39, 0.29) is 11.5 Å². The highest BCUT2D eigenvalue weighted by Crippen LogP contribution is 2.25. The molecule has 108 valence electrons. The monoisotopic (exact) mass is 302 g/mol. The van der Waals surface area contributed by atoms with Crippen LogP contribution in [-0.2, 0) is 14.1 Å². The van der Waals surface area contributed by atoms with Gasteiger partial charge >= 0.3 is 5.69 Å². The summed E-state index contributed by atoms with van der Waals surface area (Å²) in [7, 11) is 4.99. The molecule has 0 saturated heterocycles. The summed E-state index contributed by atoms with van der Waals surface area (Å²) in [5.74, 6) is 0.609. The quantitative estimate of drug-likeness (QED) is 0.697. The molecule has 0 unspecified atom stereocenters. The topological polar surface area (TPSA) is 53.2 Å². The summed E-state index contributed by atoms with van der Waals surface area (Å²) in [4.78, 5) is 25.0. The van der Waals surface area contributed by atoms with Gasteiger partial charge in [0.25, 0.3) is 0 Å². The molecule has 0 aliphatic heterocycles. The minimum absolute atomic E-state index is 0.0681. The molecule has 0 amide bonds. The Hall–Kier alpha value is -2.34. The standard InChI is InChI=1S/C15H14N2O3S/c1-16-11-5-4-9(6-12(11)17(2)15(16)19)14(18)13-7-10(20-3)8-21-13/h4-8H,1-3H3. The fourth-order valence-corrected chi connectivity index (χ4v) is 3.15. The third kappa shape index (κ3) is 2.08. The molecule has 0 N–H and O–H groups in total. The van der Waals surface area contributed by atoms with Gasteiger partial charge in [0.05, 0.1) is 23.0 Å². The number of benzene rings is 1. The van der Waals surface area contributed by atoms with E-state index in [4.69, 9.17) is 4.74 Å². The van der Waals surface area contributed by atoms with Crippen molar-refractivity contribution >= 4 is 28.2 Å². The van der Waals surface area contributed by atoms with Gasteiger partial charge in [-0.05, 0) is 18.2 Å². The molecule has 0 saturated carbocycles. The molecule has 1 aromatic carbocycles. The second-order valence-corrected chi connectivity index (χ2v) is 5.70. The molecule has 0 radical (unpaired) electrons. The summed E-state index contributed by atoms with van der Waals surface area (Å²) in [5, 5.41) is 1.80. The van der Waals surface area contributed by atoms with Crippen LogP contribution in [0.1, 0.15) is 15.2 Å². The number of imidazole rings is 1. The summed E-state index contributed by atoms with van der Waals surface area (Å²) >= 11 is 1.35. The number of rotatable bonds is 3. The molecule has 3 aromatic rings. The van der Waals surface area contributed by atoms with E-state index in [2.05, 4.69) is 0 Å². The SMILES string of the molecule is COc1csc(C(=O)c2ccc3c(c2)n(C)c(=O)n3C)c1. The predicted molar refractivity (Wildman–Crippen MR) is 82.5 cm³/mol. The van der Waals surface area contributed by atoms with E-state index in [9.17, 15) is 9.59 Å². The number of fused-ring (bicyclic) bond motifs is 1. The summed E-state index contributed by atoms with van der Waals surface area (Å²) in [6.07, 6.45) is 0.